The van der Waals surface area contributed by atoms with Crippen LogP contribution in [0.3, 0.4) is 0 Å². The first-order valence-electron chi connectivity index (χ1n) is 6.49. The quantitative estimate of drug-likeness (QED) is 0.855. The van der Waals surface area contributed by atoms with Gasteiger partial charge >= 0.3 is 6.09 Å². The lowest BCUT2D eigenvalue weighted by Gasteiger charge is -2.12. The summed E-state index contributed by atoms with van der Waals surface area (Å²) in [6.07, 6.45) is -0.892. The van der Waals surface area contributed by atoms with Gasteiger partial charge in [0.1, 0.15) is 11.9 Å². The maximum absolute atomic E-state index is 11.7. The van der Waals surface area contributed by atoms with E-state index in [1.54, 1.807) is 24.3 Å². The van der Waals surface area contributed by atoms with Crippen LogP contribution in [0.2, 0.25) is 0 Å². The molecule has 0 fully saturated rings. The maximum Gasteiger partial charge on any atom is 0.412 e. The molecule has 0 radical (unpaired) electrons. The minimum Gasteiger partial charge on any atom is -0.410 e. The Balaban J connectivity index is 1.58. The van der Waals surface area contributed by atoms with Crippen LogP contribution in [0.1, 0.15) is 11.7 Å². The number of hydrogen-bond donors (Lipinski definition) is 2. The molecule has 6 heteroatoms. The molecule has 5 nitrogen and oxygen atoms in total. The van der Waals surface area contributed by atoms with Crippen LogP contribution in [0.15, 0.2) is 54.6 Å². The van der Waals surface area contributed by atoms with Crippen molar-refractivity contribution in [1.82, 2.24) is 5.32 Å². The second kappa shape index (κ2) is 6.22. The third-order valence-electron chi connectivity index (χ3n) is 3.10. The van der Waals surface area contributed by atoms with Gasteiger partial charge in [0, 0.05) is 5.30 Å². The van der Waals surface area contributed by atoms with Crippen molar-refractivity contribution in [3.8, 4) is 5.75 Å². The lowest BCUT2D eigenvalue weighted by atomic mass is 10.1. The number of ether oxygens (including phenoxy) is 1. The summed E-state index contributed by atoms with van der Waals surface area (Å²) in [4.78, 5) is 21.6. The summed E-state index contributed by atoms with van der Waals surface area (Å²) in [6.45, 7) is 0.252. The van der Waals surface area contributed by atoms with Crippen LogP contribution in [0.25, 0.3) is 0 Å². The molecule has 1 aliphatic heterocycles. The summed E-state index contributed by atoms with van der Waals surface area (Å²) in [5, 5.41) is 3.45. The summed E-state index contributed by atoms with van der Waals surface area (Å²) in [6, 6.07) is 16.3. The molecule has 0 saturated carbocycles. The molecule has 0 aromatic heterocycles. The Morgan fingerprint density at radius 1 is 1.19 bits per heavy atom. The fourth-order valence-electron chi connectivity index (χ4n) is 2.12. The van der Waals surface area contributed by atoms with Gasteiger partial charge in [0.05, 0.1) is 6.54 Å². The Hall–Kier alpha value is -1.94. The van der Waals surface area contributed by atoms with Crippen molar-refractivity contribution in [3.63, 3.8) is 0 Å². The van der Waals surface area contributed by atoms with Crippen LogP contribution in [-0.4, -0.2) is 17.5 Å². The van der Waals surface area contributed by atoms with Gasteiger partial charge in [0.15, 0.2) is 0 Å². The lowest BCUT2D eigenvalue weighted by Crippen LogP contribution is -2.31. The first-order valence-corrected chi connectivity index (χ1v) is 7.71. The average Bonchev–Trinajstić information content (AvgIpc) is 2.83. The molecule has 1 amide bonds. The third kappa shape index (κ3) is 3.22. The number of carbonyl (C=O) groups is 1. The van der Waals surface area contributed by atoms with Gasteiger partial charge in [-0.3, -0.25) is 0 Å². The molecule has 2 unspecified atom stereocenters. The average molecular weight is 303 g/mol. The molecule has 2 atom stereocenters. The summed E-state index contributed by atoms with van der Waals surface area (Å²) in [7, 11) is -1.59. The molecule has 2 N–H and O–H groups in total. The fraction of sp³-hybridized carbons (Fsp3) is 0.133. The van der Waals surface area contributed by atoms with Gasteiger partial charge in [-0.15, -0.1) is 0 Å². The second-order valence-corrected chi connectivity index (χ2v) is 5.75. The zero-order valence-corrected chi connectivity index (χ0v) is 12.0. The van der Waals surface area contributed by atoms with Crippen molar-refractivity contribution >= 4 is 19.8 Å². The highest BCUT2D eigenvalue weighted by atomic mass is 31.2. The number of nitrogens with one attached hydrogen (secondary N) is 1. The number of rotatable bonds is 3. The van der Waals surface area contributed by atoms with E-state index in [1.165, 1.54) is 0 Å². The van der Waals surface area contributed by atoms with Crippen molar-refractivity contribution in [2.45, 2.75) is 6.10 Å². The molecule has 108 valence electrons. The Labute approximate surface area is 123 Å². The predicted octanol–water partition coefficient (Wildman–Crippen LogP) is 2.48. The van der Waals surface area contributed by atoms with E-state index in [0.29, 0.717) is 5.75 Å². The SMILES string of the molecule is O=C(NCC1OP(O)c2ccccc21)Oc1ccccc1. The minimum absolute atomic E-state index is 0.252. The molecule has 0 spiro atoms. The zero-order chi connectivity index (χ0) is 14.7. The van der Waals surface area contributed by atoms with Gasteiger partial charge in [-0.1, -0.05) is 36.4 Å². The highest BCUT2D eigenvalue weighted by Crippen LogP contribution is 2.45. The molecule has 1 heterocycles. The van der Waals surface area contributed by atoms with Crippen LogP contribution in [0, 0.1) is 0 Å². The Morgan fingerprint density at radius 3 is 2.71 bits per heavy atom. The smallest absolute Gasteiger partial charge is 0.410 e. The normalized spacial score (nSPS) is 19.9. The minimum atomic E-state index is -1.59. The van der Waals surface area contributed by atoms with E-state index in [0.717, 1.165) is 10.9 Å². The van der Waals surface area contributed by atoms with E-state index >= 15 is 0 Å². The monoisotopic (exact) mass is 303 g/mol. The van der Waals surface area contributed by atoms with Crippen molar-refractivity contribution in [2.75, 3.05) is 6.54 Å². The predicted molar refractivity (Wildman–Crippen MR) is 79.5 cm³/mol. The molecule has 2 aromatic carbocycles. The lowest BCUT2D eigenvalue weighted by molar-refractivity contribution is 0.183. The van der Waals surface area contributed by atoms with Crippen LogP contribution in [0.4, 0.5) is 4.79 Å². The van der Waals surface area contributed by atoms with Gasteiger partial charge in [-0.2, -0.15) is 0 Å². The molecular weight excluding hydrogens is 289 g/mol. The first kappa shape index (κ1) is 14.0. The van der Waals surface area contributed by atoms with Crippen molar-refractivity contribution < 1.29 is 18.9 Å². The van der Waals surface area contributed by atoms with E-state index in [9.17, 15) is 9.69 Å². The van der Waals surface area contributed by atoms with Crippen LogP contribution in [-0.2, 0) is 4.52 Å². The van der Waals surface area contributed by atoms with Gasteiger partial charge in [0.2, 0.25) is 8.38 Å². The largest absolute Gasteiger partial charge is 0.412 e. The van der Waals surface area contributed by atoms with Crippen molar-refractivity contribution in [1.29, 1.82) is 0 Å². The number of para-hydroxylation sites is 1. The molecule has 1 aliphatic rings. The number of fused-ring (bicyclic) bond motifs is 1. The highest BCUT2D eigenvalue weighted by molar-refractivity contribution is 7.55. The number of benzene rings is 2. The number of hydrogen-bond acceptors (Lipinski definition) is 4. The van der Waals surface area contributed by atoms with Gasteiger partial charge in [-0.25, -0.2) is 4.79 Å². The van der Waals surface area contributed by atoms with E-state index in [2.05, 4.69) is 5.32 Å². The fourth-order valence-corrected chi connectivity index (χ4v) is 3.32. The zero-order valence-electron chi connectivity index (χ0n) is 11.1. The topological polar surface area (TPSA) is 67.8 Å². The Morgan fingerprint density at radius 2 is 1.90 bits per heavy atom. The molecule has 0 aliphatic carbocycles. The van der Waals surface area contributed by atoms with E-state index in [1.807, 2.05) is 30.3 Å². The van der Waals surface area contributed by atoms with Crippen molar-refractivity contribution in [2.24, 2.45) is 0 Å². The second-order valence-electron chi connectivity index (χ2n) is 4.51. The Kier molecular flexibility index (Phi) is 4.15. The summed E-state index contributed by atoms with van der Waals surface area (Å²) in [5.41, 5.74) is 0.908. The molecule has 0 saturated heterocycles. The summed E-state index contributed by atoms with van der Waals surface area (Å²) in [5.74, 6) is 0.479. The van der Waals surface area contributed by atoms with E-state index < -0.39 is 14.5 Å². The molecule has 3 rings (SSSR count). The maximum atomic E-state index is 11.7. The number of amides is 1. The van der Waals surface area contributed by atoms with E-state index in [4.69, 9.17) is 9.26 Å². The molecule has 21 heavy (non-hydrogen) atoms. The molecule has 0 bridgehead atoms. The van der Waals surface area contributed by atoms with E-state index in [-0.39, 0.29) is 12.6 Å². The van der Waals surface area contributed by atoms with Crippen molar-refractivity contribution in [3.05, 3.63) is 60.2 Å². The van der Waals surface area contributed by atoms with Crippen LogP contribution < -0.4 is 15.4 Å². The summed E-state index contributed by atoms with van der Waals surface area (Å²) < 4.78 is 10.6. The first-order chi connectivity index (χ1) is 10.2. The summed E-state index contributed by atoms with van der Waals surface area (Å²) >= 11 is 0. The van der Waals surface area contributed by atoms with Gasteiger partial charge in [-0.05, 0) is 23.8 Å². The van der Waals surface area contributed by atoms with Crippen LogP contribution in [0.5, 0.6) is 5.75 Å². The highest BCUT2D eigenvalue weighted by Gasteiger charge is 2.31. The van der Waals surface area contributed by atoms with Gasteiger partial charge in [0.25, 0.3) is 0 Å². The van der Waals surface area contributed by atoms with Gasteiger partial charge < -0.3 is 19.5 Å². The Bertz CT molecular complexity index is 635. The molecule has 2 aromatic rings. The van der Waals surface area contributed by atoms with Crippen LogP contribution >= 0.6 is 8.38 Å². The third-order valence-corrected chi connectivity index (χ3v) is 4.38. The number of carbonyl (C=O) groups excluding carboxylic acids is 1. The molecular formula is C15H14NO4P. The standard InChI is InChI=1S/C15H14NO4P/c17-15(19-11-6-2-1-3-7-11)16-10-13-12-8-4-5-9-14(12)21(18)20-13/h1-9,13,18H,10H2,(H,16,17).